The number of nitrogens with two attached hydrogens (primary N) is 1. The van der Waals surface area contributed by atoms with Crippen molar-refractivity contribution in [2.45, 2.75) is 13.0 Å². The number of rotatable bonds is 3. The second-order valence-electron chi connectivity index (χ2n) is 3.43. The fourth-order valence-electron chi connectivity index (χ4n) is 1.50. The maximum Gasteiger partial charge on any atom is 0.240 e. The number of hydrogen-bond acceptors (Lipinski definition) is 5. The first-order chi connectivity index (χ1) is 7.72. The van der Waals surface area contributed by atoms with Crippen LogP contribution in [0.4, 0.5) is 5.95 Å². The molecule has 0 bridgehead atoms. The average molecular weight is 219 g/mol. The van der Waals surface area contributed by atoms with Gasteiger partial charge in [-0.1, -0.05) is 17.2 Å². The minimum atomic E-state index is 0.000839. The molecule has 6 heteroatoms. The van der Waals surface area contributed by atoms with Crippen LogP contribution < -0.4 is 10.5 Å². The van der Waals surface area contributed by atoms with Gasteiger partial charge in [-0.2, -0.15) is 0 Å². The van der Waals surface area contributed by atoms with Crippen molar-refractivity contribution in [3.63, 3.8) is 0 Å². The van der Waals surface area contributed by atoms with Crippen molar-refractivity contribution in [1.82, 2.24) is 20.2 Å². The van der Waals surface area contributed by atoms with Crippen molar-refractivity contribution in [3.8, 4) is 5.75 Å². The van der Waals surface area contributed by atoms with Crippen molar-refractivity contribution >= 4 is 5.95 Å². The fourth-order valence-corrected chi connectivity index (χ4v) is 1.50. The fraction of sp³-hybridized carbons (Fsp3) is 0.300. The number of benzene rings is 1. The zero-order valence-electron chi connectivity index (χ0n) is 9.16. The van der Waals surface area contributed by atoms with E-state index in [1.807, 2.05) is 31.2 Å². The minimum Gasteiger partial charge on any atom is -0.497 e. The molecule has 1 aromatic carbocycles. The van der Waals surface area contributed by atoms with Gasteiger partial charge in [-0.15, -0.1) is 0 Å². The van der Waals surface area contributed by atoms with E-state index in [4.69, 9.17) is 10.5 Å². The van der Waals surface area contributed by atoms with Gasteiger partial charge in [0.1, 0.15) is 5.75 Å². The molecule has 0 spiro atoms. The molecule has 2 rings (SSSR count). The molecule has 0 aliphatic rings. The largest absolute Gasteiger partial charge is 0.497 e. The number of tetrazole rings is 1. The Morgan fingerprint density at radius 2 is 2.00 bits per heavy atom. The lowest BCUT2D eigenvalue weighted by Crippen LogP contribution is -2.11. The Morgan fingerprint density at radius 1 is 1.31 bits per heavy atom. The molecule has 0 saturated carbocycles. The molecule has 0 aliphatic heterocycles. The molecule has 1 aromatic heterocycles. The number of methoxy groups -OCH3 is 1. The molecule has 1 atom stereocenters. The van der Waals surface area contributed by atoms with Gasteiger partial charge in [-0.3, -0.25) is 0 Å². The van der Waals surface area contributed by atoms with E-state index in [0.717, 1.165) is 11.3 Å². The van der Waals surface area contributed by atoms with E-state index in [9.17, 15) is 0 Å². The van der Waals surface area contributed by atoms with Crippen molar-refractivity contribution < 1.29 is 4.74 Å². The second-order valence-corrected chi connectivity index (χ2v) is 3.43. The summed E-state index contributed by atoms with van der Waals surface area (Å²) in [6.45, 7) is 1.98. The first-order valence-corrected chi connectivity index (χ1v) is 4.89. The number of nitrogens with zero attached hydrogens (tertiary/aromatic N) is 4. The summed E-state index contributed by atoms with van der Waals surface area (Å²) >= 11 is 0. The van der Waals surface area contributed by atoms with E-state index in [1.54, 1.807) is 11.8 Å². The summed E-state index contributed by atoms with van der Waals surface area (Å²) in [4.78, 5) is 0. The molecular formula is C10H13N5O. The van der Waals surface area contributed by atoms with Crippen LogP contribution in [-0.2, 0) is 0 Å². The van der Waals surface area contributed by atoms with E-state index in [0.29, 0.717) is 5.95 Å². The first-order valence-electron chi connectivity index (χ1n) is 4.89. The van der Waals surface area contributed by atoms with Crippen molar-refractivity contribution in [2.75, 3.05) is 12.8 Å². The maximum absolute atomic E-state index is 5.64. The number of anilines is 1. The molecule has 0 saturated heterocycles. The van der Waals surface area contributed by atoms with Gasteiger partial charge in [-0.25, -0.2) is 4.68 Å². The molecule has 2 N–H and O–H groups in total. The van der Waals surface area contributed by atoms with E-state index < -0.39 is 0 Å². The Bertz CT molecular complexity index is 464. The van der Waals surface area contributed by atoms with Gasteiger partial charge in [0, 0.05) is 0 Å². The topological polar surface area (TPSA) is 78.8 Å². The van der Waals surface area contributed by atoms with Gasteiger partial charge in [-0.05, 0) is 35.0 Å². The lowest BCUT2D eigenvalue weighted by molar-refractivity contribution is 0.414. The predicted octanol–water partition coefficient (Wildman–Crippen LogP) is 0.873. The summed E-state index contributed by atoms with van der Waals surface area (Å²) in [6, 6.07) is 7.72. The Balaban J connectivity index is 2.27. The molecule has 0 aliphatic carbocycles. The Hall–Kier alpha value is -2.11. The Kier molecular flexibility index (Phi) is 2.72. The SMILES string of the molecule is COc1ccc(C(C)n2nnnc2N)cc1. The van der Waals surface area contributed by atoms with Crippen molar-refractivity contribution in [3.05, 3.63) is 29.8 Å². The third-order valence-corrected chi connectivity index (χ3v) is 2.48. The van der Waals surface area contributed by atoms with Crippen LogP contribution in [-0.4, -0.2) is 27.3 Å². The molecular weight excluding hydrogens is 206 g/mol. The zero-order valence-corrected chi connectivity index (χ0v) is 9.16. The van der Waals surface area contributed by atoms with Crippen molar-refractivity contribution in [2.24, 2.45) is 0 Å². The van der Waals surface area contributed by atoms with Crippen LogP contribution >= 0.6 is 0 Å². The van der Waals surface area contributed by atoms with Crippen LogP contribution in [0.2, 0.25) is 0 Å². The third-order valence-electron chi connectivity index (χ3n) is 2.48. The smallest absolute Gasteiger partial charge is 0.240 e. The average Bonchev–Trinajstić information content (AvgIpc) is 2.75. The molecule has 1 unspecified atom stereocenters. The maximum atomic E-state index is 5.64. The van der Waals surface area contributed by atoms with Gasteiger partial charge >= 0.3 is 0 Å². The van der Waals surface area contributed by atoms with Gasteiger partial charge in [0.15, 0.2) is 0 Å². The third kappa shape index (κ3) is 1.81. The highest BCUT2D eigenvalue weighted by Crippen LogP contribution is 2.21. The Morgan fingerprint density at radius 3 is 2.50 bits per heavy atom. The highest BCUT2D eigenvalue weighted by Gasteiger charge is 2.12. The lowest BCUT2D eigenvalue weighted by atomic mass is 10.1. The molecule has 0 amide bonds. The molecule has 6 nitrogen and oxygen atoms in total. The molecule has 2 aromatic rings. The van der Waals surface area contributed by atoms with Crippen LogP contribution in [0.5, 0.6) is 5.75 Å². The van der Waals surface area contributed by atoms with Crippen LogP contribution in [0.25, 0.3) is 0 Å². The summed E-state index contributed by atoms with van der Waals surface area (Å²) in [5.41, 5.74) is 6.71. The lowest BCUT2D eigenvalue weighted by Gasteiger charge is -2.12. The number of nitrogen functional groups attached to an aromatic ring is 1. The van der Waals surface area contributed by atoms with E-state index in [-0.39, 0.29) is 6.04 Å². The quantitative estimate of drug-likeness (QED) is 0.828. The number of aromatic nitrogens is 4. The monoisotopic (exact) mass is 219 g/mol. The number of ether oxygens (including phenoxy) is 1. The molecule has 16 heavy (non-hydrogen) atoms. The van der Waals surface area contributed by atoms with Crippen LogP contribution in [0.1, 0.15) is 18.5 Å². The highest BCUT2D eigenvalue weighted by molar-refractivity contribution is 5.30. The van der Waals surface area contributed by atoms with Crippen LogP contribution in [0.3, 0.4) is 0 Å². The summed E-state index contributed by atoms with van der Waals surface area (Å²) in [5, 5.41) is 11.0. The van der Waals surface area contributed by atoms with Crippen LogP contribution in [0, 0.1) is 0 Å². The summed E-state index contributed by atoms with van der Waals surface area (Å²) in [7, 11) is 1.64. The molecule has 0 radical (unpaired) electrons. The minimum absolute atomic E-state index is 0.000839. The molecule has 0 fully saturated rings. The standard InChI is InChI=1S/C10H13N5O/c1-7(15-10(11)12-13-14-15)8-3-5-9(16-2)6-4-8/h3-7H,1-2H3,(H2,11,12,14). The van der Waals surface area contributed by atoms with E-state index >= 15 is 0 Å². The highest BCUT2D eigenvalue weighted by atomic mass is 16.5. The predicted molar refractivity (Wildman–Crippen MR) is 59.0 cm³/mol. The Labute approximate surface area is 93.0 Å². The normalized spacial score (nSPS) is 12.4. The van der Waals surface area contributed by atoms with Gasteiger partial charge in [0.2, 0.25) is 5.95 Å². The summed E-state index contributed by atoms with van der Waals surface area (Å²) in [5.74, 6) is 1.13. The van der Waals surface area contributed by atoms with E-state index in [1.165, 1.54) is 0 Å². The van der Waals surface area contributed by atoms with Gasteiger partial charge in [0.05, 0.1) is 13.2 Å². The number of hydrogen-bond donors (Lipinski definition) is 1. The van der Waals surface area contributed by atoms with Gasteiger partial charge in [0.25, 0.3) is 0 Å². The van der Waals surface area contributed by atoms with Gasteiger partial charge < -0.3 is 10.5 Å². The molecule has 1 heterocycles. The first kappa shape index (κ1) is 10.4. The zero-order chi connectivity index (χ0) is 11.5. The summed E-state index contributed by atoms with van der Waals surface area (Å²) in [6.07, 6.45) is 0. The summed E-state index contributed by atoms with van der Waals surface area (Å²) < 4.78 is 6.66. The second kappa shape index (κ2) is 4.18. The van der Waals surface area contributed by atoms with E-state index in [2.05, 4.69) is 15.5 Å². The van der Waals surface area contributed by atoms with Crippen LogP contribution in [0.15, 0.2) is 24.3 Å². The molecule has 84 valence electrons. The van der Waals surface area contributed by atoms with Crippen molar-refractivity contribution in [1.29, 1.82) is 0 Å².